The lowest BCUT2D eigenvalue weighted by Gasteiger charge is -2.12. The Morgan fingerprint density at radius 1 is 1.47 bits per heavy atom. The van der Waals surface area contributed by atoms with Gasteiger partial charge in [-0.1, -0.05) is 37.7 Å². The third-order valence-corrected chi connectivity index (χ3v) is 4.74. The number of hydrogen-bond acceptors (Lipinski definition) is 4. The summed E-state index contributed by atoms with van der Waals surface area (Å²) in [6, 6.07) is 8.22. The Morgan fingerprint density at radius 3 is 3.00 bits per heavy atom. The van der Waals surface area contributed by atoms with Crippen molar-refractivity contribution in [2.75, 3.05) is 20.2 Å². The maximum absolute atomic E-state index is 5.23. The maximum Gasteiger partial charge on any atom is 0.156 e. The molecule has 1 N–H and O–H groups in total. The highest BCUT2D eigenvalue weighted by molar-refractivity contribution is 8.14. The Bertz CT molecular complexity index is 446. The van der Waals surface area contributed by atoms with Gasteiger partial charge in [0.2, 0.25) is 0 Å². The molecule has 1 heterocycles. The van der Waals surface area contributed by atoms with E-state index in [4.69, 9.17) is 4.74 Å². The van der Waals surface area contributed by atoms with E-state index in [-0.39, 0.29) is 0 Å². The van der Waals surface area contributed by atoms with Crippen molar-refractivity contribution >= 4 is 16.9 Å². The van der Waals surface area contributed by atoms with Crippen molar-refractivity contribution in [3.63, 3.8) is 0 Å². The number of nitrogens with one attached hydrogen (secondary N) is 1. The van der Waals surface area contributed by atoms with Crippen LogP contribution in [0.4, 0.5) is 0 Å². The highest BCUT2D eigenvalue weighted by atomic mass is 32.2. The summed E-state index contributed by atoms with van der Waals surface area (Å²) in [6.07, 6.45) is 0.989. The zero-order valence-corrected chi connectivity index (χ0v) is 12.7. The van der Waals surface area contributed by atoms with Gasteiger partial charge in [-0.2, -0.15) is 0 Å². The topological polar surface area (TPSA) is 33.6 Å². The molecule has 1 unspecified atom stereocenters. The zero-order valence-electron chi connectivity index (χ0n) is 11.8. The summed E-state index contributed by atoms with van der Waals surface area (Å²) < 4.78 is 5.23. The monoisotopic (exact) mass is 278 g/mol. The Balaban J connectivity index is 1.75. The zero-order chi connectivity index (χ0) is 13.7. The van der Waals surface area contributed by atoms with Crippen LogP contribution in [0.3, 0.4) is 0 Å². The van der Waals surface area contributed by atoms with Crippen molar-refractivity contribution in [3.8, 4) is 5.75 Å². The second kappa shape index (κ2) is 6.85. The van der Waals surface area contributed by atoms with Crippen molar-refractivity contribution in [2.24, 2.45) is 10.9 Å². The smallest absolute Gasteiger partial charge is 0.156 e. The molecular weight excluding hydrogens is 256 g/mol. The number of methoxy groups -OCH3 is 1. The van der Waals surface area contributed by atoms with Crippen LogP contribution < -0.4 is 10.1 Å². The van der Waals surface area contributed by atoms with Crippen LogP contribution in [-0.4, -0.2) is 30.6 Å². The summed E-state index contributed by atoms with van der Waals surface area (Å²) in [6.45, 7) is 6.38. The number of amidine groups is 1. The van der Waals surface area contributed by atoms with Gasteiger partial charge >= 0.3 is 0 Å². The number of rotatable bonds is 5. The number of aliphatic imine (C=N–C) groups is 1. The fourth-order valence-corrected chi connectivity index (χ4v) is 3.02. The maximum atomic E-state index is 5.23. The summed E-state index contributed by atoms with van der Waals surface area (Å²) in [5.41, 5.74) is 1.29. The van der Waals surface area contributed by atoms with Crippen LogP contribution >= 0.6 is 11.8 Å². The lowest BCUT2D eigenvalue weighted by molar-refractivity contribution is 0.414. The van der Waals surface area contributed by atoms with Gasteiger partial charge in [-0.25, -0.2) is 0 Å². The van der Waals surface area contributed by atoms with Crippen LogP contribution in [0.5, 0.6) is 5.75 Å². The summed E-state index contributed by atoms with van der Waals surface area (Å²) >= 11 is 1.88. The fraction of sp³-hybridized carbons (Fsp3) is 0.533. The largest absolute Gasteiger partial charge is 0.497 e. The first-order chi connectivity index (χ1) is 9.19. The second-order valence-electron chi connectivity index (χ2n) is 5.07. The third-order valence-electron chi connectivity index (χ3n) is 3.25. The van der Waals surface area contributed by atoms with Crippen LogP contribution in [0.1, 0.15) is 19.4 Å². The Labute approximate surface area is 119 Å². The molecule has 0 radical (unpaired) electrons. The Hall–Kier alpha value is -1.16. The second-order valence-corrected chi connectivity index (χ2v) is 6.30. The first-order valence-electron chi connectivity index (χ1n) is 6.77. The highest BCUT2D eigenvalue weighted by Gasteiger charge is 2.21. The molecule has 1 aromatic carbocycles. The molecule has 2 rings (SSSR count). The van der Waals surface area contributed by atoms with E-state index >= 15 is 0 Å². The number of nitrogens with zero attached hydrogens (tertiary/aromatic N) is 1. The first-order valence-corrected chi connectivity index (χ1v) is 7.65. The first kappa shape index (κ1) is 14.3. The molecule has 104 valence electrons. The van der Waals surface area contributed by atoms with Crippen LogP contribution in [0.25, 0.3) is 0 Å². The van der Waals surface area contributed by atoms with Crippen LogP contribution in [0.15, 0.2) is 29.3 Å². The molecule has 0 saturated heterocycles. The minimum absolute atomic E-state index is 0.638. The van der Waals surface area contributed by atoms with Gasteiger partial charge in [0.25, 0.3) is 0 Å². The van der Waals surface area contributed by atoms with Crippen LogP contribution in [0.2, 0.25) is 0 Å². The van der Waals surface area contributed by atoms with E-state index < -0.39 is 0 Å². The van der Waals surface area contributed by atoms with Crippen molar-refractivity contribution in [1.29, 1.82) is 0 Å². The fourth-order valence-electron chi connectivity index (χ4n) is 1.98. The van der Waals surface area contributed by atoms with Gasteiger partial charge in [0.15, 0.2) is 5.17 Å². The van der Waals surface area contributed by atoms with E-state index in [0.29, 0.717) is 11.2 Å². The number of hydrogen-bond donors (Lipinski definition) is 1. The van der Waals surface area contributed by atoms with E-state index in [9.17, 15) is 0 Å². The van der Waals surface area contributed by atoms with Gasteiger partial charge in [0.1, 0.15) is 5.75 Å². The molecule has 19 heavy (non-hydrogen) atoms. The summed E-state index contributed by atoms with van der Waals surface area (Å²) in [5, 5.41) is 5.16. The Morgan fingerprint density at radius 2 is 2.32 bits per heavy atom. The molecule has 0 fully saturated rings. The normalized spacial score (nSPS) is 18.5. The predicted octanol–water partition coefficient (Wildman–Crippen LogP) is 2.95. The van der Waals surface area contributed by atoms with Gasteiger partial charge in [0, 0.05) is 11.8 Å². The van der Waals surface area contributed by atoms with E-state index in [2.05, 4.69) is 36.3 Å². The molecule has 0 saturated carbocycles. The average Bonchev–Trinajstić information content (AvgIpc) is 2.88. The molecule has 1 aromatic rings. The summed E-state index contributed by atoms with van der Waals surface area (Å²) in [7, 11) is 1.70. The molecule has 1 aliphatic heterocycles. The van der Waals surface area contributed by atoms with Crippen LogP contribution in [0, 0.1) is 5.92 Å². The SMILES string of the molecule is COc1cccc(CCNC2=NCC(C(C)C)S2)c1. The molecule has 0 spiro atoms. The molecular formula is C15H22N2OS. The molecule has 0 amide bonds. The lowest BCUT2D eigenvalue weighted by Crippen LogP contribution is -2.22. The van der Waals surface area contributed by atoms with Crippen molar-refractivity contribution < 1.29 is 4.74 Å². The van der Waals surface area contributed by atoms with Gasteiger partial charge in [-0.3, -0.25) is 4.99 Å². The number of thioether (sulfide) groups is 1. The van der Waals surface area contributed by atoms with E-state index in [1.807, 2.05) is 23.9 Å². The molecule has 0 aliphatic carbocycles. The minimum atomic E-state index is 0.638. The van der Waals surface area contributed by atoms with Crippen LogP contribution in [-0.2, 0) is 6.42 Å². The average molecular weight is 278 g/mol. The molecule has 3 nitrogen and oxygen atoms in total. The van der Waals surface area contributed by atoms with E-state index in [1.54, 1.807) is 7.11 Å². The number of benzene rings is 1. The van der Waals surface area contributed by atoms with E-state index in [0.717, 1.165) is 30.4 Å². The van der Waals surface area contributed by atoms with Gasteiger partial charge in [-0.15, -0.1) is 0 Å². The molecule has 0 aromatic heterocycles. The summed E-state index contributed by atoms with van der Waals surface area (Å²) in [5.74, 6) is 1.61. The van der Waals surface area contributed by atoms with Gasteiger partial charge in [0.05, 0.1) is 13.7 Å². The van der Waals surface area contributed by atoms with Gasteiger partial charge < -0.3 is 10.1 Å². The summed E-state index contributed by atoms with van der Waals surface area (Å²) in [4.78, 5) is 4.55. The lowest BCUT2D eigenvalue weighted by atomic mass is 10.1. The number of ether oxygens (including phenoxy) is 1. The van der Waals surface area contributed by atoms with E-state index in [1.165, 1.54) is 5.56 Å². The molecule has 1 atom stereocenters. The van der Waals surface area contributed by atoms with Gasteiger partial charge in [-0.05, 0) is 30.0 Å². The predicted molar refractivity (Wildman–Crippen MR) is 83.2 cm³/mol. The van der Waals surface area contributed by atoms with Crippen molar-refractivity contribution in [1.82, 2.24) is 5.32 Å². The third kappa shape index (κ3) is 4.16. The Kier molecular flexibility index (Phi) is 5.14. The quantitative estimate of drug-likeness (QED) is 0.899. The molecule has 1 aliphatic rings. The highest BCUT2D eigenvalue weighted by Crippen LogP contribution is 2.25. The molecule has 0 bridgehead atoms. The van der Waals surface area contributed by atoms with Crippen molar-refractivity contribution in [2.45, 2.75) is 25.5 Å². The minimum Gasteiger partial charge on any atom is -0.497 e. The standard InChI is InChI=1S/C15H22N2OS/c1-11(2)14-10-17-15(19-14)16-8-7-12-5-4-6-13(9-12)18-3/h4-6,9,11,14H,7-8,10H2,1-3H3,(H,16,17). The van der Waals surface area contributed by atoms with Crippen molar-refractivity contribution in [3.05, 3.63) is 29.8 Å². The molecule has 4 heteroatoms.